The Balaban J connectivity index is 2.77. The summed E-state index contributed by atoms with van der Waals surface area (Å²) in [5, 5.41) is 9.23. The van der Waals surface area contributed by atoms with Crippen molar-refractivity contribution in [3.63, 3.8) is 0 Å². The highest BCUT2D eigenvalue weighted by Gasteiger charge is 2.26. The Morgan fingerprint density at radius 3 is 2.88 bits per heavy atom. The lowest BCUT2D eigenvalue weighted by Gasteiger charge is -2.20. The zero-order valence-electron chi connectivity index (χ0n) is 9.59. The molecule has 0 radical (unpaired) electrons. The van der Waals surface area contributed by atoms with Crippen LogP contribution in [0.3, 0.4) is 0 Å². The molecule has 0 aliphatic rings. The van der Waals surface area contributed by atoms with Gasteiger partial charge in [-0.3, -0.25) is 9.78 Å². The van der Waals surface area contributed by atoms with Crippen molar-refractivity contribution in [1.29, 1.82) is 0 Å². The fourth-order valence-corrected chi connectivity index (χ4v) is 1.56. The Morgan fingerprint density at radius 2 is 2.38 bits per heavy atom. The number of aromatic nitrogens is 1. The number of hydrogen-bond donors (Lipinski definition) is 1. The standard InChI is InChI=1S/C12H17NO3/c1-3-16-12(15)11(8-14)9(2)10-5-4-6-13-7-10/h4-7,9,11,14H,3,8H2,1-2H3. The second kappa shape index (κ2) is 6.23. The maximum absolute atomic E-state index is 11.6. The molecule has 0 saturated carbocycles. The van der Waals surface area contributed by atoms with Gasteiger partial charge in [0.2, 0.25) is 0 Å². The van der Waals surface area contributed by atoms with Crippen molar-refractivity contribution in [1.82, 2.24) is 4.98 Å². The Bertz CT molecular complexity index is 326. The number of ether oxygens (including phenoxy) is 1. The molecule has 1 aromatic heterocycles. The van der Waals surface area contributed by atoms with E-state index in [0.29, 0.717) is 6.61 Å². The first-order valence-corrected chi connectivity index (χ1v) is 5.38. The van der Waals surface area contributed by atoms with Crippen LogP contribution in [0.4, 0.5) is 0 Å². The largest absolute Gasteiger partial charge is 0.466 e. The van der Waals surface area contributed by atoms with Crippen molar-refractivity contribution in [3.8, 4) is 0 Å². The van der Waals surface area contributed by atoms with E-state index in [2.05, 4.69) is 4.98 Å². The van der Waals surface area contributed by atoms with Gasteiger partial charge in [0.25, 0.3) is 0 Å². The zero-order chi connectivity index (χ0) is 12.0. The van der Waals surface area contributed by atoms with Crippen molar-refractivity contribution >= 4 is 5.97 Å². The number of esters is 1. The number of carbonyl (C=O) groups is 1. The lowest BCUT2D eigenvalue weighted by atomic mass is 9.89. The Kier molecular flexibility index (Phi) is 4.92. The lowest BCUT2D eigenvalue weighted by Crippen LogP contribution is -2.26. The second-order valence-electron chi connectivity index (χ2n) is 3.62. The van der Waals surface area contributed by atoms with Gasteiger partial charge in [-0.2, -0.15) is 0 Å². The fourth-order valence-electron chi connectivity index (χ4n) is 1.56. The fraction of sp³-hybridized carbons (Fsp3) is 0.500. The van der Waals surface area contributed by atoms with Gasteiger partial charge in [0.05, 0.1) is 19.1 Å². The van der Waals surface area contributed by atoms with Gasteiger partial charge < -0.3 is 9.84 Å². The first-order valence-electron chi connectivity index (χ1n) is 5.38. The average Bonchev–Trinajstić information content (AvgIpc) is 2.31. The van der Waals surface area contributed by atoms with E-state index in [0.717, 1.165) is 5.56 Å². The molecule has 88 valence electrons. The van der Waals surface area contributed by atoms with Crippen molar-refractivity contribution in [2.24, 2.45) is 5.92 Å². The number of aliphatic hydroxyl groups is 1. The van der Waals surface area contributed by atoms with Crippen LogP contribution in [0.15, 0.2) is 24.5 Å². The maximum atomic E-state index is 11.6. The van der Waals surface area contributed by atoms with Gasteiger partial charge in [0.15, 0.2) is 0 Å². The van der Waals surface area contributed by atoms with Crippen molar-refractivity contribution in [2.75, 3.05) is 13.2 Å². The molecule has 2 unspecified atom stereocenters. The minimum Gasteiger partial charge on any atom is -0.466 e. The van der Waals surface area contributed by atoms with Gasteiger partial charge in [0.1, 0.15) is 0 Å². The van der Waals surface area contributed by atoms with E-state index in [1.807, 2.05) is 19.1 Å². The van der Waals surface area contributed by atoms with Gasteiger partial charge in [-0.25, -0.2) is 0 Å². The Labute approximate surface area is 95.3 Å². The maximum Gasteiger partial charge on any atom is 0.311 e. The molecule has 0 spiro atoms. The van der Waals surface area contributed by atoms with E-state index in [4.69, 9.17) is 4.74 Å². The molecule has 4 nitrogen and oxygen atoms in total. The number of nitrogens with zero attached hydrogens (tertiary/aromatic N) is 1. The minimum atomic E-state index is -0.524. The first kappa shape index (κ1) is 12.6. The minimum absolute atomic E-state index is 0.0993. The smallest absolute Gasteiger partial charge is 0.311 e. The molecule has 4 heteroatoms. The van der Waals surface area contributed by atoms with Gasteiger partial charge in [-0.1, -0.05) is 13.0 Å². The third-order valence-corrected chi connectivity index (χ3v) is 2.60. The molecule has 0 bridgehead atoms. The van der Waals surface area contributed by atoms with Crippen LogP contribution < -0.4 is 0 Å². The first-order chi connectivity index (χ1) is 7.70. The SMILES string of the molecule is CCOC(=O)C(CO)C(C)c1cccnc1. The predicted octanol–water partition coefficient (Wildman–Crippen LogP) is 1.36. The molecule has 2 atom stereocenters. The summed E-state index contributed by atoms with van der Waals surface area (Å²) in [4.78, 5) is 15.6. The molecule has 0 saturated heterocycles. The second-order valence-corrected chi connectivity index (χ2v) is 3.62. The molecule has 0 fully saturated rings. The third kappa shape index (κ3) is 3.03. The molecule has 0 aromatic carbocycles. The summed E-state index contributed by atoms with van der Waals surface area (Å²) in [5.74, 6) is -0.983. The monoisotopic (exact) mass is 223 g/mol. The molecule has 1 rings (SSSR count). The van der Waals surface area contributed by atoms with Crippen LogP contribution in [0.25, 0.3) is 0 Å². The van der Waals surface area contributed by atoms with Crippen LogP contribution in [-0.2, 0) is 9.53 Å². The summed E-state index contributed by atoms with van der Waals surface area (Å²) in [6.07, 6.45) is 3.38. The summed E-state index contributed by atoms with van der Waals surface area (Å²) in [5.41, 5.74) is 0.926. The summed E-state index contributed by atoms with van der Waals surface area (Å²) < 4.78 is 4.92. The molecule has 0 aliphatic carbocycles. The summed E-state index contributed by atoms with van der Waals surface area (Å²) >= 11 is 0. The number of pyridine rings is 1. The van der Waals surface area contributed by atoms with Crippen LogP contribution in [0.1, 0.15) is 25.3 Å². The molecule has 0 amide bonds. The Hall–Kier alpha value is -1.42. The normalized spacial score (nSPS) is 14.2. The number of aliphatic hydroxyl groups excluding tert-OH is 1. The number of rotatable bonds is 5. The number of carbonyl (C=O) groups excluding carboxylic acids is 1. The average molecular weight is 223 g/mol. The summed E-state index contributed by atoms with van der Waals surface area (Å²) in [6.45, 7) is 3.75. The third-order valence-electron chi connectivity index (χ3n) is 2.60. The van der Waals surface area contributed by atoms with Crippen LogP contribution in [0, 0.1) is 5.92 Å². The molecule has 1 aromatic rings. The van der Waals surface area contributed by atoms with E-state index in [-0.39, 0.29) is 18.5 Å². The number of hydrogen-bond acceptors (Lipinski definition) is 4. The van der Waals surface area contributed by atoms with Crippen LogP contribution in [-0.4, -0.2) is 29.3 Å². The van der Waals surface area contributed by atoms with Gasteiger partial charge in [-0.05, 0) is 24.5 Å². The molecule has 0 aliphatic heterocycles. The molecule has 1 N–H and O–H groups in total. The van der Waals surface area contributed by atoms with Gasteiger partial charge >= 0.3 is 5.97 Å². The molecular weight excluding hydrogens is 206 g/mol. The van der Waals surface area contributed by atoms with Crippen LogP contribution in [0.5, 0.6) is 0 Å². The molecule has 16 heavy (non-hydrogen) atoms. The van der Waals surface area contributed by atoms with E-state index < -0.39 is 5.92 Å². The van der Waals surface area contributed by atoms with Crippen LogP contribution >= 0.6 is 0 Å². The van der Waals surface area contributed by atoms with E-state index >= 15 is 0 Å². The predicted molar refractivity (Wildman–Crippen MR) is 59.9 cm³/mol. The zero-order valence-corrected chi connectivity index (χ0v) is 9.59. The highest BCUT2D eigenvalue weighted by Crippen LogP contribution is 2.24. The Morgan fingerprint density at radius 1 is 1.62 bits per heavy atom. The topological polar surface area (TPSA) is 59.4 Å². The molecular formula is C12H17NO3. The van der Waals surface area contributed by atoms with Crippen LogP contribution in [0.2, 0.25) is 0 Å². The summed E-state index contributed by atoms with van der Waals surface area (Å²) in [7, 11) is 0. The van der Waals surface area contributed by atoms with E-state index in [1.165, 1.54) is 0 Å². The lowest BCUT2D eigenvalue weighted by molar-refractivity contribution is -0.150. The van der Waals surface area contributed by atoms with Crippen molar-refractivity contribution in [3.05, 3.63) is 30.1 Å². The van der Waals surface area contributed by atoms with Crippen molar-refractivity contribution < 1.29 is 14.6 Å². The van der Waals surface area contributed by atoms with Gasteiger partial charge in [-0.15, -0.1) is 0 Å². The van der Waals surface area contributed by atoms with E-state index in [9.17, 15) is 9.90 Å². The van der Waals surface area contributed by atoms with Crippen molar-refractivity contribution in [2.45, 2.75) is 19.8 Å². The quantitative estimate of drug-likeness (QED) is 0.766. The molecule has 1 heterocycles. The highest BCUT2D eigenvalue weighted by atomic mass is 16.5. The van der Waals surface area contributed by atoms with Gasteiger partial charge in [0, 0.05) is 12.4 Å². The summed E-state index contributed by atoms with van der Waals surface area (Å²) in [6, 6.07) is 3.70. The highest BCUT2D eigenvalue weighted by molar-refractivity contribution is 5.73. The van der Waals surface area contributed by atoms with E-state index in [1.54, 1.807) is 19.3 Å².